The summed E-state index contributed by atoms with van der Waals surface area (Å²) < 4.78 is 5.67. The monoisotopic (exact) mass is 185 g/mol. The van der Waals surface area contributed by atoms with E-state index >= 15 is 0 Å². The lowest BCUT2D eigenvalue weighted by atomic mass is 9.69. The second-order valence-electron chi connectivity index (χ2n) is 4.95. The largest absolute Gasteiger partial charge is 0.377 e. The van der Waals surface area contributed by atoms with Crippen molar-refractivity contribution in [2.45, 2.75) is 46.1 Å². The zero-order valence-electron chi connectivity index (χ0n) is 9.18. The Kier molecular flexibility index (Phi) is 3.74. The average Bonchev–Trinajstić information content (AvgIpc) is 2.07. The van der Waals surface area contributed by atoms with Crippen molar-refractivity contribution in [1.82, 2.24) is 0 Å². The molecular weight excluding hydrogens is 162 g/mol. The van der Waals surface area contributed by atoms with E-state index in [1.165, 1.54) is 19.3 Å². The number of ether oxygens (including phenoxy) is 1. The molecular formula is C11H23NO. The van der Waals surface area contributed by atoms with Crippen LogP contribution in [0.25, 0.3) is 0 Å². The molecule has 0 bridgehead atoms. The van der Waals surface area contributed by atoms with E-state index in [4.69, 9.17) is 10.5 Å². The zero-order chi connectivity index (χ0) is 9.90. The van der Waals surface area contributed by atoms with Crippen molar-refractivity contribution in [2.24, 2.45) is 17.1 Å². The first-order chi connectivity index (χ1) is 6.06. The molecule has 1 aliphatic rings. The highest BCUT2D eigenvalue weighted by atomic mass is 16.5. The first kappa shape index (κ1) is 11.0. The van der Waals surface area contributed by atoms with Gasteiger partial charge in [0.25, 0.3) is 0 Å². The Morgan fingerprint density at radius 1 is 1.46 bits per heavy atom. The molecule has 0 radical (unpaired) electrons. The molecule has 1 aliphatic carbocycles. The summed E-state index contributed by atoms with van der Waals surface area (Å²) in [6.07, 6.45) is 4.15. The van der Waals surface area contributed by atoms with E-state index in [0.29, 0.717) is 18.1 Å². The molecule has 0 saturated heterocycles. The van der Waals surface area contributed by atoms with Crippen molar-refractivity contribution in [3.05, 3.63) is 0 Å². The van der Waals surface area contributed by atoms with E-state index in [0.717, 1.165) is 12.5 Å². The van der Waals surface area contributed by atoms with Gasteiger partial charge in [0.05, 0.1) is 12.7 Å². The van der Waals surface area contributed by atoms with Crippen molar-refractivity contribution >= 4 is 0 Å². The SMILES string of the molecule is C[C@H]1C[C@@H](OCCN)CCC1(C)C. The molecule has 0 aromatic heterocycles. The van der Waals surface area contributed by atoms with Gasteiger partial charge in [0.15, 0.2) is 0 Å². The molecule has 0 amide bonds. The summed E-state index contributed by atoms with van der Waals surface area (Å²) in [6.45, 7) is 8.41. The molecule has 0 aromatic carbocycles. The molecule has 0 aliphatic heterocycles. The molecule has 2 N–H and O–H groups in total. The summed E-state index contributed by atoms with van der Waals surface area (Å²) in [4.78, 5) is 0. The van der Waals surface area contributed by atoms with Crippen LogP contribution in [-0.4, -0.2) is 19.3 Å². The third-order valence-corrected chi connectivity index (χ3v) is 3.53. The number of rotatable bonds is 3. The Balaban J connectivity index is 2.33. The summed E-state index contributed by atoms with van der Waals surface area (Å²) in [5, 5.41) is 0. The fraction of sp³-hybridized carbons (Fsp3) is 1.00. The van der Waals surface area contributed by atoms with Crippen molar-refractivity contribution in [2.75, 3.05) is 13.2 Å². The standard InChI is InChI=1S/C11H23NO/c1-9-8-10(13-7-6-12)4-5-11(9,2)3/h9-10H,4-8,12H2,1-3H3/t9-,10-/m0/s1. The highest BCUT2D eigenvalue weighted by Gasteiger charge is 2.33. The summed E-state index contributed by atoms with van der Waals surface area (Å²) in [7, 11) is 0. The zero-order valence-corrected chi connectivity index (χ0v) is 9.18. The van der Waals surface area contributed by atoms with Gasteiger partial charge in [-0.1, -0.05) is 20.8 Å². The number of hydrogen-bond donors (Lipinski definition) is 1. The molecule has 1 rings (SSSR count). The normalized spacial score (nSPS) is 33.2. The minimum absolute atomic E-state index is 0.464. The third-order valence-electron chi connectivity index (χ3n) is 3.53. The highest BCUT2D eigenvalue weighted by Crippen LogP contribution is 2.40. The van der Waals surface area contributed by atoms with Crippen LogP contribution in [-0.2, 0) is 4.74 Å². The Morgan fingerprint density at radius 3 is 2.69 bits per heavy atom. The first-order valence-electron chi connectivity index (χ1n) is 5.38. The summed E-state index contributed by atoms with van der Waals surface area (Å²) >= 11 is 0. The van der Waals surface area contributed by atoms with Gasteiger partial charge in [-0.2, -0.15) is 0 Å². The van der Waals surface area contributed by atoms with Gasteiger partial charge in [-0.15, -0.1) is 0 Å². The molecule has 78 valence electrons. The molecule has 0 spiro atoms. The van der Waals surface area contributed by atoms with Crippen LogP contribution in [0.5, 0.6) is 0 Å². The van der Waals surface area contributed by atoms with Crippen LogP contribution in [0.4, 0.5) is 0 Å². The summed E-state index contributed by atoms with van der Waals surface area (Å²) in [5.41, 5.74) is 5.91. The highest BCUT2D eigenvalue weighted by molar-refractivity contribution is 4.84. The second-order valence-corrected chi connectivity index (χ2v) is 4.95. The van der Waals surface area contributed by atoms with Crippen LogP contribution >= 0.6 is 0 Å². The third kappa shape index (κ3) is 2.96. The molecule has 1 saturated carbocycles. The van der Waals surface area contributed by atoms with E-state index in [-0.39, 0.29) is 0 Å². The van der Waals surface area contributed by atoms with Gasteiger partial charge in [0.1, 0.15) is 0 Å². The fourth-order valence-corrected chi connectivity index (χ4v) is 2.00. The van der Waals surface area contributed by atoms with E-state index in [1.54, 1.807) is 0 Å². The lowest BCUT2D eigenvalue weighted by Gasteiger charge is -2.40. The van der Waals surface area contributed by atoms with Crippen molar-refractivity contribution in [1.29, 1.82) is 0 Å². The smallest absolute Gasteiger partial charge is 0.0592 e. The molecule has 1 fully saturated rings. The molecule has 2 nitrogen and oxygen atoms in total. The van der Waals surface area contributed by atoms with Gasteiger partial charge in [-0.05, 0) is 30.6 Å². The predicted octanol–water partition coefficient (Wildman–Crippen LogP) is 2.18. The van der Waals surface area contributed by atoms with Gasteiger partial charge in [0, 0.05) is 6.54 Å². The van der Waals surface area contributed by atoms with Gasteiger partial charge >= 0.3 is 0 Å². The lowest BCUT2D eigenvalue weighted by Crippen LogP contribution is -2.34. The molecule has 0 unspecified atom stereocenters. The molecule has 2 heteroatoms. The topological polar surface area (TPSA) is 35.2 Å². The minimum atomic E-state index is 0.464. The maximum atomic E-state index is 5.67. The van der Waals surface area contributed by atoms with E-state index in [9.17, 15) is 0 Å². The Hall–Kier alpha value is -0.0800. The quantitative estimate of drug-likeness (QED) is 0.731. The maximum absolute atomic E-state index is 5.67. The van der Waals surface area contributed by atoms with E-state index in [1.807, 2.05) is 0 Å². The van der Waals surface area contributed by atoms with Gasteiger partial charge in [0.2, 0.25) is 0 Å². The van der Waals surface area contributed by atoms with Crippen LogP contribution in [0.1, 0.15) is 40.0 Å². The Morgan fingerprint density at radius 2 is 2.15 bits per heavy atom. The van der Waals surface area contributed by atoms with Crippen molar-refractivity contribution in [3.63, 3.8) is 0 Å². The Labute approximate surface area is 81.8 Å². The second kappa shape index (κ2) is 4.43. The van der Waals surface area contributed by atoms with E-state index in [2.05, 4.69) is 20.8 Å². The van der Waals surface area contributed by atoms with Gasteiger partial charge in [-0.25, -0.2) is 0 Å². The molecule has 0 heterocycles. The van der Waals surface area contributed by atoms with Gasteiger partial charge < -0.3 is 10.5 Å². The fourth-order valence-electron chi connectivity index (χ4n) is 2.00. The van der Waals surface area contributed by atoms with Gasteiger partial charge in [-0.3, -0.25) is 0 Å². The van der Waals surface area contributed by atoms with Crippen LogP contribution in [0.3, 0.4) is 0 Å². The molecule has 0 aromatic rings. The van der Waals surface area contributed by atoms with Crippen LogP contribution in [0.2, 0.25) is 0 Å². The maximum Gasteiger partial charge on any atom is 0.0592 e. The number of nitrogens with two attached hydrogens (primary N) is 1. The Bertz CT molecular complexity index is 156. The minimum Gasteiger partial charge on any atom is -0.377 e. The van der Waals surface area contributed by atoms with Crippen molar-refractivity contribution < 1.29 is 4.74 Å². The number of hydrogen-bond acceptors (Lipinski definition) is 2. The average molecular weight is 185 g/mol. The van der Waals surface area contributed by atoms with Crippen LogP contribution in [0, 0.1) is 11.3 Å². The summed E-state index contributed by atoms with van der Waals surface area (Å²) in [5.74, 6) is 0.768. The summed E-state index contributed by atoms with van der Waals surface area (Å²) in [6, 6.07) is 0. The van der Waals surface area contributed by atoms with E-state index < -0.39 is 0 Å². The van der Waals surface area contributed by atoms with Crippen molar-refractivity contribution in [3.8, 4) is 0 Å². The predicted molar refractivity (Wildman–Crippen MR) is 55.6 cm³/mol. The molecule has 13 heavy (non-hydrogen) atoms. The first-order valence-corrected chi connectivity index (χ1v) is 5.38. The van der Waals surface area contributed by atoms with Crippen LogP contribution in [0.15, 0.2) is 0 Å². The lowest BCUT2D eigenvalue weighted by molar-refractivity contribution is -0.0175. The van der Waals surface area contributed by atoms with Crippen LogP contribution < -0.4 is 5.73 Å². The molecule has 2 atom stereocenters.